The normalized spacial score (nSPS) is 17.6. The van der Waals surface area contributed by atoms with E-state index in [2.05, 4.69) is 29.4 Å². The van der Waals surface area contributed by atoms with E-state index in [4.69, 9.17) is 4.74 Å². The molecule has 0 aliphatic heterocycles. The Morgan fingerprint density at radius 1 is 1.21 bits per heavy atom. The van der Waals surface area contributed by atoms with Gasteiger partial charge in [0.05, 0.1) is 7.11 Å². The van der Waals surface area contributed by atoms with E-state index in [1.165, 1.54) is 31.1 Å². The topological polar surface area (TPSA) is 34.1 Å². The Kier molecular flexibility index (Phi) is 3.05. The van der Waals surface area contributed by atoms with Crippen LogP contribution in [0.15, 0.2) is 30.5 Å². The molecule has 1 aromatic carbocycles. The lowest BCUT2D eigenvalue weighted by Crippen LogP contribution is -2.31. The molecule has 0 saturated heterocycles. The number of benzene rings is 1. The second-order valence-corrected chi connectivity index (χ2v) is 5.64. The van der Waals surface area contributed by atoms with Crippen molar-refractivity contribution in [3.63, 3.8) is 0 Å². The molecule has 1 fully saturated rings. The Hall–Kier alpha value is -1.77. The van der Waals surface area contributed by atoms with Gasteiger partial charge in [-0.2, -0.15) is 0 Å². The predicted molar refractivity (Wildman–Crippen MR) is 78.8 cm³/mol. The molecule has 0 spiro atoms. The summed E-state index contributed by atoms with van der Waals surface area (Å²) in [6.45, 7) is 2.30. The van der Waals surface area contributed by atoms with Gasteiger partial charge >= 0.3 is 0 Å². The maximum Gasteiger partial charge on any atom is 0.134 e. The van der Waals surface area contributed by atoms with Gasteiger partial charge in [0.15, 0.2) is 0 Å². The minimum Gasteiger partial charge on any atom is -0.497 e. The van der Waals surface area contributed by atoms with Crippen LogP contribution in [0.25, 0.3) is 10.8 Å². The molecule has 0 radical (unpaired) electrons. The Labute approximate surface area is 114 Å². The van der Waals surface area contributed by atoms with Crippen LogP contribution in [-0.2, 0) is 0 Å². The molecule has 1 saturated carbocycles. The lowest BCUT2D eigenvalue weighted by Gasteiger charge is -2.26. The maximum atomic E-state index is 5.27. The average Bonchev–Trinajstić information content (AvgIpc) is 2.85. The second kappa shape index (κ2) is 4.72. The first-order valence-corrected chi connectivity index (χ1v) is 6.91. The fourth-order valence-corrected chi connectivity index (χ4v) is 2.95. The second-order valence-electron chi connectivity index (χ2n) is 5.64. The van der Waals surface area contributed by atoms with Gasteiger partial charge in [0.25, 0.3) is 0 Å². The van der Waals surface area contributed by atoms with E-state index in [-0.39, 0.29) is 5.54 Å². The van der Waals surface area contributed by atoms with Crippen molar-refractivity contribution in [3.8, 4) is 5.75 Å². The van der Waals surface area contributed by atoms with Crippen LogP contribution >= 0.6 is 0 Å². The molecule has 0 amide bonds. The molecule has 1 aliphatic carbocycles. The Morgan fingerprint density at radius 2 is 2.00 bits per heavy atom. The van der Waals surface area contributed by atoms with E-state index in [0.717, 1.165) is 17.0 Å². The number of fused-ring (bicyclic) bond motifs is 1. The highest BCUT2D eigenvalue weighted by atomic mass is 16.5. The molecule has 2 aromatic rings. The average molecular weight is 256 g/mol. The molecule has 3 rings (SSSR count). The van der Waals surface area contributed by atoms with E-state index in [0.29, 0.717) is 0 Å². The molecule has 1 aromatic heterocycles. The number of ether oxygens (including phenoxy) is 1. The first-order valence-electron chi connectivity index (χ1n) is 6.91. The van der Waals surface area contributed by atoms with Gasteiger partial charge in [0, 0.05) is 17.1 Å². The molecule has 0 bridgehead atoms. The fourth-order valence-electron chi connectivity index (χ4n) is 2.95. The van der Waals surface area contributed by atoms with E-state index < -0.39 is 0 Å². The SMILES string of the molecule is COc1ccc2c(NC3(C)CCCC3)nccc2c1. The third-order valence-electron chi connectivity index (χ3n) is 4.10. The number of methoxy groups -OCH3 is 1. The van der Waals surface area contributed by atoms with Gasteiger partial charge in [0.2, 0.25) is 0 Å². The number of anilines is 1. The molecule has 100 valence electrons. The van der Waals surface area contributed by atoms with Gasteiger partial charge < -0.3 is 10.1 Å². The molecule has 1 N–H and O–H groups in total. The quantitative estimate of drug-likeness (QED) is 0.901. The first kappa shape index (κ1) is 12.3. The van der Waals surface area contributed by atoms with Crippen molar-refractivity contribution < 1.29 is 4.74 Å². The predicted octanol–water partition coefficient (Wildman–Crippen LogP) is 3.99. The Balaban J connectivity index is 1.99. The van der Waals surface area contributed by atoms with Crippen LogP contribution in [0.3, 0.4) is 0 Å². The summed E-state index contributed by atoms with van der Waals surface area (Å²) in [5.41, 5.74) is 0.196. The van der Waals surface area contributed by atoms with Crippen LogP contribution < -0.4 is 10.1 Å². The zero-order valence-electron chi connectivity index (χ0n) is 11.6. The molecule has 1 aliphatic rings. The number of hydrogen-bond acceptors (Lipinski definition) is 3. The van der Waals surface area contributed by atoms with Gasteiger partial charge in [-0.15, -0.1) is 0 Å². The van der Waals surface area contributed by atoms with Crippen molar-refractivity contribution in [2.24, 2.45) is 0 Å². The summed E-state index contributed by atoms with van der Waals surface area (Å²) in [5.74, 6) is 1.88. The van der Waals surface area contributed by atoms with Crippen molar-refractivity contribution in [2.75, 3.05) is 12.4 Å². The molecule has 3 heteroatoms. The highest BCUT2D eigenvalue weighted by molar-refractivity contribution is 5.92. The lowest BCUT2D eigenvalue weighted by molar-refractivity contribution is 0.415. The third kappa shape index (κ3) is 2.37. The number of hydrogen-bond donors (Lipinski definition) is 1. The van der Waals surface area contributed by atoms with Crippen molar-refractivity contribution in [1.29, 1.82) is 0 Å². The molecular weight excluding hydrogens is 236 g/mol. The zero-order chi connectivity index (χ0) is 13.3. The monoisotopic (exact) mass is 256 g/mol. The van der Waals surface area contributed by atoms with Crippen molar-refractivity contribution in [3.05, 3.63) is 30.5 Å². The van der Waals surface area contributed by atoms with Crippen molar-refractivity contribution >= 4 is 16.6 Å². The van der Waals surface area contributed by atoms with Gasteiger partial charge in [-0.1, -0.05) is 12.8 Å². The van der Waals surface area contributed by atoms with Crippen LogP contribution in [0.1, 0.15) is 32.6 Å². The number of nitrogens with one attached hydrogen (secondary N) is 1. The molecule has 1 heterocycles. The van der Waals surface area contributed by atoms with Crippen LogP contribution in [0.4, 0.5) is 5.82 Å². The fraction of sp³-hybridized carbons (Fsp3) is 0.438. The molecular formula is C16H20N2O. The zero-order valence-corrected chi connectivity index (χ0v) is 11.6. The minimum absolute atomic E-state index is 0.196. The molecule has 3 nitrogen and oxygen atoms in total. The first-order chi connectivity index (χ1) is 9.20. The smallest absolute Gasteiger partial charge is 0.134 e. The summed E-state index contributed by atoms with van der Waals surface area (Å²) in [5, 5.41) is 5.97. The summed E-state index contributed by atoms with van der Waals surface area (Å²) in [6.07, 6.45) is 6.93. The largest absolute Gasteiger partial charge is 0.497 e. The van der Waals surface area contributed by atoms with Crippen LogP contribution in [0.2, 0.25) is 0 Å². The molecule has 0 unspecified atom stereocenters. The number of aromatic nitrogens is 1. The highest BCUT2D eigenvalue weighted by Gasteiger charge is 2.29. The summed E-state index contributed by atoms with van der Waals surface area (Å²) in [6, 6.07) is 8.16. The number of nitrogens with zero attached hydrogens (tertiary/aromatic N) is 1. The summed E-state index contributed by atoms with van der Waals surface area (Å²) < 4.78 is 5.27. The third-order valence-corrected chi connectivity index (χ3v) is 4.10. The molecule has 19 heavy (non-hydrogen) atoms. The summed E-state index contributed by atoms with van der Waals surface area (Å²) >= 11 is 0. The lowest BCUT2D eigenvalue weighted by atomic mass is 10.0. The van der Waals surface area contributed by atoms with Gasteiger partial charge in [-0.3, -0.25) is 0 Å². The molecule has 0 atom stereocenters. The van der Waals surface area contributed by atoms with Crippen LogP contribution in [-0.4, -0.2) is 17.6 Å². The van der Waals surface area contributed by atoms with Crippen LogP contribution in [0.5, 0.6) is 5.75 Å². The van der Waals surface area contributed by atoms with Gasteiger partial charge in [-0.25, -0.2) is 4.98 Å². The van der Waals surface area contributed by atoms with Crippen LogP contribution in [0, 0.1) is 0 Å². The van der Waals surface area contributed by atoms with Gasteiger partial charge in [0.1, 0.15) is 11.6 Å². The van der Waals surface area contributed by atoms with E-state index in [1.807, 2.05) is 18.3 Å². The highest BCUT2D eigenvalue weighted by Crippen LogP contribution is 2.34. The minimum atomic E-state index is 0.196. The maximum absolute atomic E-state index is 5.27. The Morgan fingerprint density at radius 3 is 2.74 bits per heavy atom. The van der Waals surface area contributed by atoms with Crippen molar-refractivity contribution in [1.82, 2.24) is 4.98 Å². The standard InChI is InChI=1S/C16H20N2O/c1-16(8-3-4-9-16)18-15-14-6-5-13(19-2)11-12(14)7-10-17-15/h5-7,10-11H,3-4,8-9H2,1-2H3,(H,17,18). The van der Waals surface area contributed by atoms with Gasteiger partial charge in [-0.05, 0) is 49.4 Å². The summed E-state index contributed by atoms with van der Waals surface area (Å²) in [7, 11) is 1.70. The number of pyridine rings is 1. The Bertz CT molecular complexity index is 588. The summed E-state index contributed by atoms with van der Waals surface area (Å²) in [4.78, 5) is 4.52. The van der Waals surface area contributed by atoms with E-state index in [1.54, 1.807) is 7.11 Å². The van der Waals surface area contributed by atoms with Crippen molar-refractivity contribution in [2.45, 2.75) is 38.1 Å². The number of rotatable bonds is 3. The van der Waals surface area contributed by atoms with E-state index in [9.17, 15) is 0 Å². The van der Waals surface area contributed by atoms with E-state index >= 15 is 0 Å².